The standard InChI is InChI=1S/C25H33N3O5.C2HF3O2/c1-18-6-5-7-19(14-18)17-28(11-8-23(29)27-12-9-26-10-13-27)25(30)20-15-21(31-2)24(33-4)22(16-20)32-3;3-2(4,5)1(6)7/h5-7,14-16,26H,8-13,17H2,1-4H3;(H,6,7). The van der Waals surface area contributed by atoms with Gasteiger partial charge in [-0.1, -0.05) is 29.8 Å². The van der Waals surface area contributed by atoms with Crippen molar-refractivity contribution in [1.82, 2.24) is 15.1 Å². The number of carboxylic acid groups (broad SMARTS) is 1. The van der Waals surface area contributed by atoms with E-state index >= 15 is 0 Å². The van der Waals surface area contributed by atoms with Gasteiger partial charge < -0.3 is 34.4 Å². The third-order valence-corrected chi connectivity index (χ3v) is 5.96. The molecule has 1 saturated heterocycles. The van der Waals surface area contributed by atoms with E-state index in [2.05, 4.69) is 5.32 Å². The number of rotatable bonds is 9. The van der Waals surface area contributed by atoms with Crippen LogP contribution in [0.5, 0.6) is 17.2 Å². The van der Waals surface area contributed by atoms with Crippen LogP contribution in [0.15, 0.2) is 36.4 Å². The van der Waals surface area contributed by atoms with Crippen LogP contribution in [0.25, 0.3) is 0 Å². The Morgan fingerprint density at radius 1 is 1.00 bits per heavy atom. The smallest absolute Gasteiger partial charge is 0.490 e. The topological polar surface area (TPSA) is 118 Å². The van der Waals surface area contributed by atoms with Gasteiger partial charge in [0.05, 0.1) is 21.3 Å². The Bertz CT molecular complexity index is 1140. The third kappa shape index (κ3) is 9.33. The quantitative estimate of drug-likeness (QED) is 0.473. The monoisotopic (exact) mass is 569 g/mol. The highest BCUT2D eigenvalue weighted by Crippen LogP contribution is 2.38. The molecule has 1 fully saturated rings. The molecule has 0 radical (unpaired) electrons. The van der Waals surface area contributed by atoms with Crippen LogP contribution in [0.4, 0.5) is 13.2 Å². The van der Waals surface area contributed by atoms with Crippen molar-refractivity contribution in [3.63, 3.8) is 0 Å². The van der Waals surface area contributed by atoms with Gasteiger partial charge in [-0.2, -0.15) is 13.2 Å². The SMILES string of the molecule is COc1cc(C(=O)N(CCC(=O)N2CCNCC2)Cc2cccc(C)c2)cc(OC)c1OC.O=C(O)C(F)(F)F. The third-order valence-electron chi connectivity index (χ3n) is 5.96. The summed E-state index contributed by atoms with van der Waals surface area (Å²) in [5, 5.41) is 10.4. The molecule has 1 heterocycles. The average molecular weight is 570 g/mol. The molecular weight excluding hydrogens is 535 g/mol. The highest BCUT2D eigenvalue weighted by atomic mass is 19.4. The molecule has 0 bridgehead atoms. The Kier molecular flexibility index (Phi) is 12.1. The lowest BCUT2D eigenvalue weighted by molar-refractivity contribution is -0.192. The molecule has 3 rings (SSSR count). The molecule has 2 aromatic carbocycles. The Labute approximate surface area is 230 Å². The molecule has 1 aliphatic rings. The number of nitrogens with zero attached hydrogens (tertiary/aromatic N) is 2. The van der Waals surface area contributed by atoms with Crippen molar-refractivity contribution in [2.45, 2.75) is 26.1 Å². The first-order chi connectivity index (χ1) is 18.9. The molecule has 2 N–H and O–H groups in total. The van der Waals surface area contributed by atoms with Crippen LogP contribution in [-0.4, -0.2) is 92.9 Å². The fourth-order valence-electron chi connectivity index (χ4n) is 3.97. The molecule has 13 heteroatoms. The molecule has 0 aromatic heterocycles. The molecule has 0 atom stereocenters. The molecule has 2 aromatic rings. The van der Waals surface area contributed by atoms with Crippen molar-refractivity contribution >= 4 is 17.8 Å². The Morgan fingerprint density at radius 3 is 2.05 bits per heavy atom. The van der Waals surface area contributed by atoms with Crippen molar-refractivity contribution in [3.8, 4) is 17.2 Å². The number of amides is 2. The predicted molar refractivity (Wildman–Crippen MR) is 140 cm³/mol. The second kappa shape index (κ2) is 15.0. The Hall–Kier alpha value is -4.00. The number of aliphatic carboxylic acids is 1. The molecule has 0 spiro atoms. The summed E-state index contributed by atoms with van der Waals surface area (Å²) >= 11 is 0. The number of nitrogens with one attached hydrogen (secondary N) is 1. The summed E-state index contributed by atoms with van der Waals surface area (Å²) in [7, 11) is 4.55. The maximum atomic E-state index is 13.6. The lowest BCUT2D eigenvalue weighted by atomic mass is 10.1. The zero-order valence-corrected chi connectivity index (χ0v) is 22.8. The fraction of sp³-hybridized carbons (Fsp3) is 0.444. The fourth-order valence-corrected chi connectivity index (χ4v) is 3.97. The van der Waals surface area contributed by atoms with E-state index < -0.39 is 12.1 Å². The minimum atomic E-state index is -5.08. The maximum absolute atomic E-state index is 13.6. The van der Waals surface area contributed by atoms with Crippen LogP contribution in [-0.2, 0) is 16.1 Å². The van der Waals surface area contributed by atoms with Crippen molar-refractivity contribution in [2.75, 3.05) is 54.1 Å². The van der Waals surface area contributed by atoms with E-state index in [0.29, 0.717) is 49.0 Å². The van der Waals surface area contributed by atoms with Crippen LogP contribution < -0.4 is 19.5 Å². The van der Waals surface area contributed by atoms with E-state index in [1.54, 1.807) is 17.0 Å². The number of aryl methyl sites for hydroxylation is 1. The minimum absolute atomic E-state index is 0.0587. The summed E-state index contributed by atoms with van der Waals surface area (Å²) < 4.78 is 48.0. The first-order valence-electron chi connectivity index (χ1n) is 12.3. The summed E-state index contributed by atoms with van der Waals surface area (Å²) in [6.45, 7) is 5.70. The molecule has 1 aliphatic heterocycles. The average Bonchev–Trinajstić information content (AvgIpc) is 2.94. The number of alkyl halides is 3. The number of hydrogen-bond acceptors (Lipinski definition) is 7. The van der Waals surface area contributed by atoms with Gasteiger partial charge >= 0.3 is 12.1 Å². The number of piperazine rings is 1. The number of carboxylic acids is 1. The summed E-state index contributed by atoms with van der Waals surface area (Å²) in [6, 6.07) is 11.3. The van der Waals surface area contributed by atoms with Crippen molar-refractivity contribution in [2.24, 2.45) is 0 Å². The van der Waals surface area contributed by atoms with E-state index in [4.69, 9.17) is 24.1 Å². The molecule has 10 nitrogen and oxygen atoms in total. The van der Waals surface area contributed by atoms with Crippen molar-refractivity contribution in [1.29, 1.82) is 0 Å². The van der Waals surface area contributed by atoms with Gasteiger partial charge in [-0.25, -0.2) is 4.79 Å². The molecule has 0 unspecified atom stereocenters. The van der Waals surface area contributed by atoms with Crippen LogP contribution in [0, 0.1) is 6.92 Å². The largest absolute Gasteiger partial charge is 0.493 e. The van der Waals surface area contributed by atoms with E-state index in [0.717, 1.165) is 24.2 Å². The zero-order valence-electron chi connectivity index (χ0n) is 22.8. The normalized spacial score (nSPS) is 13.0. The number of methoxy groups -OCH3 is 3. The summed E-state index contributed by atoms with van der Waals surface area (Å²) in [5.74, 6) is -1.66. The molecule has 0 saturated carbocycles. The number of carbonyl (C=O) groups is 3. The van der Waals surface area contributed by atoms with Crippen LogP contribution in [0.2, 0.25) is 0 Å². The van der Waals surface area contributed by atoms with Crippen molar-refractivity contribution < 1.29 is 46.9 Å². The van der Waals surface area contributed by atoms with E-state index in [9.17, 15) is 22.8 Å². The number of halogens is 3. The highest BCUT2D eigenvalue weighted by Gasteiger charge is 2.38. The highest BCUT2D eigenvalue weighted by molar-refractivity contribution is 5.96. The van der Waals surface area contributed by atoms with Gasteiger partial charge in [0.2, 0.25) is 11.7 Å². The molecular formula is C27H34F3N3O7. The second-order valence-corrected chi connectivity index (χ2v) is 8.81. The number of carbonyl (C=O) groups excluding carboxylic acids is 2. The Morgan fingerprint density at radius 2 is 1.57 bits per heavy atom. The van der Waals surface area contributed by atoms with Gasteiger partial charge in [-0.3, -0.25) is 9.59 Å². The first kappa shape index (κ1) is 32.2. The first-order valence-corrected chi connectivity index (χ1v) is 12.3. The van der Waals surface area contributed by atoms with Gasteiger partial charge in [0, 0.05) is 51.3 Å². The minimum Gasteiger partial charge on any atom is -0.493 e. The van der Waals surface area contributed by atoms with E-state index in [-0.39, 0.29) is 18.2 Å². The van der Waals surface area contributed by atoms with Gasteiger partial charge in [0.15, 0.2) is 11.5 Å². The van der Waals surface area contributed by atoms with Crippen LogP contribution in [0.1, 0.15) is 27.9 Å². The van der Waals surface area contributed by atoms with Crippen LogP contribution in [0.3, 0.4) is 0 Å². The van der Waals surface area contributed by atoms with E-state index in [1.165, 1.54) is 21.3 Å². The Balaban J connectivity index is 0.000000708. The number of ether oxygens (including phenoxy) is 3. The summed E-state index contributed by atoms with van der Waals surface area (Å²) in [5.41, 5.74) is 2.53. The molecule has 40 heavy (non-hydrogen) atoms. The van der Waals surface area contributed by atoms with Gasteiger partial charge in [-0.15, -0.1) is 0 Å². The van der Waals surface area contributed by atoms with E-state index in [1.807, 2.05) is 36.1 Å². The molecule has 0 aliphatic carbocycles. The van der Waals surface area contributed by atoms with Crippen molar-refractivity contribution in [3.05, 3.63) is 53.1 Å². The van der Waals surface area contributed by atoms with Crippen LogP contribution >= 0.6 is 0 Å². The predicted octanol–water partition coefficient (Wildman–Crippen LogP) is 3.12. The molecule has 2 amide bonds. The second-order valence-electron chi connectivity index (χ2n) is 8.81. The number of benzene rings is 2. The lowest BCUT2D eigenvalue weighted by Gasteiger charge is -2.29. The molecule has 220 valence electrons. The summed E-state index contributed by atoms with van der Waals surface area (Å²) in [4.78, 5) is 38.8. The maximum Gasteiger partial charge on any atom is 0.490 e. The van der Waals surface area contributed by atoms with Gasteiger partial charge in [0.25, 0.3) is 5.91 Å². The van der Waals surface area contributed by atoms with Gasteiger partial charge in [0.1, 0.15) is 0 Å². The summed E-state index contributed by atoms with van der Waals surface area (Å²) in [6.07, 6.45) is -4.82. The van der Waals surface area contributed by atoms with Gasteiger partial charge in [-0.05, 0) is 24.6 Å². The zero-order chi connectivity index (χ0) is 29.9. The lowest BCUT2D eigenvalue weighted by Crippen LogP contribution is -2.47. The number of hydrogen-bond donors (Lipinski definition) is 2.